The number of aromatic nitrogens is 1. The van der Waals surface area contributed by atoms with Crippen molar-refractivity contribution in [3.05, 3.63) is 47.2 Å². The van der Waals surface area contributed by atoms with Crippen molar-refractivity contribution in [3.63, 3.8) is 0 Å². The summed E-state index contributed by atoms with van der Waals surface area (Å²) in [6, 6.07) is 10.2. The summed E-state index contributed by atoms with van der Waals surface area (Å²) < 4.78 is 5.95. The molecule has 0 saturated carbocycles. The van der Waals surface area contributed by atoms with E-state index in [1.54, 1.807) is 11.3 Å². The quantitative estimate of drug-likeness (QED) is 0.468. The van der Waals surface area contributed by atoms with Crippen LogP contribution in [0.1, 0.15) is 31.2 Å². The Bertz CT molecular complexity index is 924. The van der Waals surface area contributed by atoms with Crippen LogP contribution in [0.15, 0.2) is 45.1 Å². The van der Waals surface area contributed by atoms with Crippen LogP contribution in [0.5, 0.6) is 0 Å². The molecule has 0 spiro atoms. The number of rotatable bonds is 7. The molecule has 154 valence electrons. The van der Waals surface area contributed by atoms with Gasteiger partial charge in [-0.1, -0.05) is 18.2 Å². The molecule has 0 bridgehead atoms. The molecule has 4 rings (SSSR count). The van der Waals surface area contributed by atoms with Crippen molar-refractivity contribution in [2.75, 3.05) is 38.1 Å². The van der Waals surface area contributed by atoms with E-state index in [0.29, 0.717) is 6.54 Å². The Labute approximate surface area is 176 Å². The first-order valence-electron chi connectivity index (χ1n) is 10.4. The highest BCUT2D eigenvalue weighted by molar-refractivity contribution is 7.13. The molecule has 3 aromatic rings. The maximum Gasteiger partial charge on any atom is 0.194 e. The molecule has 1 aliphatic rings. The number of thiazole rings is 1. The number of fused-ring (bicyclic) bond motifs is 1. The molecule has 0 unspecified atom stereocenters. The summed E-state index contributed by atoms with van der Waals surface area (Å²) in [6.45, 7) is 6.60. The first kappa shape index (κ1) is 19.8. The van der Waals surface area contributed by atoms with Gasteiger partial charge >= 0.3 is 0 Å². The first-order chi connectivity index (χ1) is 14.2. The van der Waals surface area contributed by atoms with E-state index in [4.69, 9.17) is 14.4 Å². The minimum absolute atomic E-state index is 0.677. The Hall–Kier alpha value is -2.54. The molecular weight excluding hydrogens is 382 g/mol. The van der Waals surface area contributed by atoms with Gasteiger partial charge in [0, 0.05) is 50.4 Å². The van der Waals surface area contributed by atoms with E-state index in [9.17, 15) is 0 Å². The van der Waals surface area contributed by atoms with Crippen LogP contribution in [-0.2, 0) is 13.0 Å². The zero-order valence-corrected chi connectivity index (χ0v) is 18.0. The van der Waals surface area contributed by atoms with Gasteiger partial charge in [-0.3, -0.25) is 4.99 Å². The number of furan rings is 1. The van der Waals surface area contributed by atoms with Crippen LogP contribution in [0.4, 0.5) is 5.13 Å². The first-order valence-corrected chi connectivity index (χ1v) is 11.3. The van der Waals surface area contributed by atoms with E-state index in [-0.39, 0.29) is 0 Å². The molecule has 7 heteroatoms. The second-order valence-corrected chi connectivity index (χ2v) is 8.24. The lowest BCUT2D eigenvalue weighted by atomic mass is 10.2. The van der Waals surface area contributed by atoms with Crippen LogP contribution in [0, 0.1) is 0 Å². The molecule has 0 atom stereocenters. The average molecular weight is 412 g/mol. The summed E-state index contributed by atoms with van der Waals surface area (Å²) in [5, 5.41) is 7.85. The van der Waals surface area contributed by atoms with Crippen molar-refractivity contribution in [2.45, 2.75) is 32.7 Å². The molecule has 1 aromatic carbocycles. The Balaban J connectivity index is 1.36. The van der Waals surface area contributed by atoms with Crippen molar-refractivity contribution < 1.29 is 4.42 Å². The van der Waals surface area contributed by atoms with E-state index in [2.05, 4.69) is 39.6 Å². The summed E-state index contributed by atoms with van der Waals surface area (Å²) in [5.41, 5.74) is 2.06. The molecule has 2 aromatic heterocycles. The Morgan fingerprint density at radius 1 is 1.31 bits per heavy atom. The number of nitrogens with one attached hydrogen (secondary N) is 1. The number of guanidine groups is 1. The van der Waals surface area contributed by atoms with Gasteiger partial charge in [0.05, 0.1) is 12.2 Å². The average Bonchev–Trinajstić information content (AvgIpc) is 3.46. The summed E-state index contributed by atoms with van der Waals surface area (Å²) in [4.78, 5) is 14.1. The normalized spacial score (nSPS) is 14.7. The largest absolute Gasteiger partial charge is 0.459 e. The van der Waals surface area contributed by atoms with Gasteiger partial charge in [0.1, 0.15) is 11.3 Å². The zero-order valence-electron chi connectivity index (χ0n) is 17.2. The fraction of sp³-hybridized carbons (Fsp3) is 0.455. The van der Waals surface area contributed by atoms with Gasteiger partial charge in [0.25, 0.3) is 0 Å². The van der Waals surface area contributed by atoms with Gasteiger partial charge in [0.15, 0.2) is 11.1 Å². The van der Waals surface area contributed by atoms with Crippen LogP contribution in [0.2, 0.25) is 0 Å². The van der Waals surface area contributed by atoms with E-state index >= 15 is 0 Å². The molecule has 1 aliphatic heterocycles. The van der Waals surface area contributed by atoms with Crippen molar-refractivity contribution in [1.82, 2.24) is 15.2 Å². The van der Waals surface area contributed by atoms with Gasteiger partial charge in [0.2, 0.25) is 0 Å². The standard InChI is InChI=1S/C22H29N5OS/c1-3-23-21(26(2)15-19-14-17-8-4-5-9-20(17)28-19)24-11-10-18-16-29-22(25-18)27-12-6-7-13-27/h4-5,8-9,14,16H,3,6-7,10-13,15H2,1-2H3,(H,23,24). The maximum absolute atomic E-state index is 5.95. The van der Waals surface area contributed by atoms with Gasteiger partial charge in [-0.15, -0.1) is 11.3 Å². The number of hydrogen-bond donors (Lipinski definition) is 1. The highest BCUT2D eigenvalue weighted by Crippen LogP contribution is 2.24. The lowest BCUT2D eigenvalue weighted by Crippen LogP contribution is -2.38. The van der Waals surface area contributed by atoms with Crippen LogP contribution >= 0.6 is 11.3 Å². The predicted molar refractivity (Wildman–Crippen MR) is 121 cm³/mol. The number of para-hydroxylation sites is 1. The molecule has 1 fully saturated rings. The number of nitrogens with zero attached hydrogens (tertiary/aromatic N) is 4. The zero-order chi connectivity index (χ0) is 20.1. The van der Waals surface area contributed by atoms with Crippen molar-refractivity contribution in [2.24, 2.45) is 4.99 Å². The fourth-order valence-electron chi connectivity index (χ4n) is 3.63. The lowest BCUT2D eigenvalue weighted by Gasteiger charge is -2.20. The topological polar surface area (TPSA) is 56.9 Å². The maximum atomic E-state index is 5.95. The molecule has 0 radical (unpaired) electrons. The van der Waals surface area contributed by atoms with Crippen LogP contribution in [-0.4, -0.2) is 49.1 Å². The molecule has 29 heavy (non-hydrogen) atoms. The van der Waals surface area contributed by atoms with E-state index in [1.807, 2.05) is 25.2 Å². The fourth-order valence-corrected chi connectivity index (χ4v) is 4.55. The SMILES string of the molecule is CCNC(=NCCc1csc(N2CCCC2)n1)N(C)Cc1cc2ccccc2o1. The molecule has 1 N–H and O–H groups in total. The van der Waals surface area contributed by atoms with Gasteiger partial charge in [-0.25, -0.2) is 4.98 Å². The smallest absolute Gasteiger partial charge is 0.194 e. The number of anilines is 1. The Morgan fingerprint density at radius 2 is 2.14 bits per heavy atom. The molecule has 0 aliphatic carbocycles. The van der Waals surface area contributed by atoms with Gasteiger partial charge < -0.3 is 19.5 Å². The van der Waals surface area contributed by atoms with Crippen molar-refractivity contribution in [3.8, 4) is 0 Å². The van der Waals surface area contributed by atoms with Crippen LogP contribution in [0.3, 0.4) is 0 Å². The predicted octanol–water partition coefficient (Wildman–Crippen LogP) is 4.13. The molecular formula is C22H29N5OS. The summed E-state index contributed by atoms with van der Waals surface area (Å²) in [6.07, 6.45) is 3.42. The van der Waals surface area contributed by atoms with E-state index in [1.165, 1.54) is 12.8 Å². The minimum atomic E-state index is 0.677. The lowest BCUT2D eigenvalue weighted by molar-refractivity contribution is 0.412. The highest BCUT2D eigenvalue weighted by atomic mass is 32.1. The van der Waals surface area contributed by atoms with Crippen molar-refractivity contribution in [1.29, 1.82) is 0 Å². The summed E-state index contributed by atoms with van der Waals surface area (Å²) in [7, 11) is 2.04. The number of aliphatic imine (C=N–C) groups is 1. The Kier molecular flexibility index (Phi) is 6.34. The monoisotopic (exact) mass is 411 g/mol. The second-order valence-electron chi connectivity index (χ2n) is 7.41. The molecule has 0 amide bonds. The Morgan fingerprint density at radius 3 is 2.93 bits per heavy atom. The second kappa shape index (κ2) is 9.31. The van der Waals surface area contributed by atoms with Gasteiger partial charge in [-0.05, 0) is 31.9 Å². The van der Waals surface area contributed by atoms with Gasteiger partial charge in [-0.2, -0.15) is 0 Å². The molecule has 3 heterocycles. The summed E-state index contributed by atoms with van der Waals surface area (Å²) >= 11 is 1.75. The molecule has 1 saturated heterocycles. The van der Waals surface area contributed by atoms with Crippen molar-refractivity contribution >= 4 is 33.4 Å². The highest BCUT2D eigenvalue weighted by Gasteiger charge is 2.15. The third-order valence-electron chi connectivity index (χ3n) is 5.11. The number of benzene rings is 1. The van der Waals surface area contributed by atoms with E-state index in [0.717, 1.165) is 66.1 Å². The minimum Gasteiger partial charge on any atom is -0.459 e. The third-order valence-corrected chi connectivity index (χ3v) is 6.06. The van der Waals surface area contributed by atoms with Crippen LogP contribution < -0.4 is 10.2 Å². The third kappa shape index (κ3) is 4.90. The molecule has 6 nitrogen and oxygen atoms in total. The summed E-state index contributed by atoms with van der Waals surface area (Å²) in [5.74, 6) is 1.83. The number of hydrogen-bond acceptors (Lipinski definition) is 5. The van der Waals surface area contributed by atoms with Crippen LogP contribution in [0.25, 0.3) is 11.0 Å². The van der Waals surface area contributed by atoms with E-state index < -0.39 is 0 Å².